The number of hydrogen-bond donors (Lipinski definition) is 2. The van der Waals surface area contributed by atoms with E-state index < -0.39 is 30.8 Å². The summed E-state index contributed by atoms with van der Waals surface area (Å²) >= 11 is 0. The van der Waals surface area contributed by atoms with E-state index in [9.17, 15) is 18.0 Å². The van der Waals surface area contributed by atoms with Crippen molar-refractivity contribution in [1.82, 2.24) is 5.32 Å². The Labute approximate surface area is 108 Å². The van der Waals surface area contributed by atoms with Crippen LogP contribution in [0.3, 0.4) is 0 Å². The van der Waals surface area contributed by atoms with Crippen molar-refractivity contribution in [3.8, 4) is 5.75 Å². The van der Waals surface area contributed by atoms with Crippen LogP contribution in [-0.4, -0.2) is 35.9 Å². The van der Waals surface area contributed by atoms with Gasteiger partial charge >= 0.3 is 6.18 Å². The van der Waals surface area contributed by atoms with E-state index in [1.54, 1.807) is 30.3 Å². The fraction of sp³-hybridized carbons (Fsp3) is 0.417. The van der Waals surface area contributed by atoms with Gasteiger partial charge in [0.1, 0.15) is 5.75 Å². The number of aliphatic hydroxyl groups is 1. The molecule has 0 heterocycles. The van der Waals surface area contributed by atoms with Gasteiger partial charge in [-0.3, -0.25) is 4.79 Å². The predicted octanol–water partition coefficient (Wildman–Crippen LogP) is 1.49. The van der Waals surface area contributed by atoms with Crippen molar-refractivity contribution < 1.29 is 27.8 Å². The quantitative estimate of drug-likeness (QED) is 0.857. The van der Waals surface area contributed by atoms with Gasteiger partial charge in [0.05, 0.1) is 6.04 Å². The molecule has 19 heavy (non-hydrogen) atoms. The predicted molar refractivity (Wildman–Crippen MR) is 61.6 cm³/mol. The molecule has 0 spiro atoms. The fourth-order valence-electron chi connectivity index (χ4n) is 1.32. The van der Waals surface area contributed by atoms with Crippen molar-refractivity contribution in [3.63, 3.8) is 0 Å². The normalized spacial score (nSPS) is 14.6. The maximum Gasteiger partial charge on any atom is 0.416 e. The molecule has 0 aromatic heterocycles. The van der Waals surface area contributed by atoms with Gasteiger partial charge in [-0.25, -0.2) is 0 Å². The number of aliphatic hydroxyl groups excluding tert-OH is 1. The molecule has 0 aliphatic carbocycles. The second-order valence-electron chi connectivity index (χ2n) is 3.94. The van der Waals surface area contributed by atoms with Gasteiger partial charge < -0.3 is 15.2 Å². The monoisotopic (exact) mass is 277 g/mol. The van der Waals surface area contributed by atoms with Crippen LogP contribution < -0.4 is 10.1 Å². The highest BCUT2D eigenvalue weighted by molar-refractivity contribution is 5.77. The first-order valence-corrected chi connectivity index (χ1v) is 5.52. The summed E-state index contributed by atoms with van der Waals surface area (Å²) in [6.07, 6.45) is -7.37. The van der Waals surface area contributed by atoms with E-state index in [2.05, 4.69) is 0 Å². The Kier molecular flexibility index (Phi) is 5.17. The van der Waals surface area contributed by atoms with Crippen LogP contribution in [0.4, 0.5) is 13.2 Å². The van der Waals surface area contributed by atoms with Gasteiger partial charge in [0.2, 0.25) is 0 Å². The van der Waals surface area contributed by atoms with E-state index >= 15 is 0 Å². The van der Waals surface area contributed by atoms with E-state index in [4.69, 9.17) is 9.84 Å². The lowest BCUT2D eigenvalue weighted by atomic mass is 10.2. The molecule has 7 heteroatoms. The highest BCUT2D eigenvalue weighted by atomic mass is 19.4. The number of para-hydroxylation sites is 1. The van der Waals surface area contributed by atoms with Crippen molar-refractivity contribution in [2.24, 2.45) is 0 Å². The van der Waals surface area contributed by atoms with Crippen LogP contribution in [0.15, 0.2) is 30.3 Å². The Balaban J connectivity index is 2.39. The van der Waals surface area contributed by atoms with Gasteiger partial charge in [0, 0.05) is 0 Å². The summed E-state index contributed by atoms with van der Waals surface area (Å²) in [5.74, 6) is -0.304. The summed E-state index contributed by atoms with van der Waals surface area (Å²) < 4.78 is 41.6. The molecule has 0 radical (unpaired) electrons. The number of carbonyl (C=O) groups excluding carboxylic acids is 1. The van der Waals surface area contributed by atoms with Crippen LogP contribution >= 0.6 is 0 Å². The Morgan fingerprint density at radius 2 is 1.95 bits per heavy atom. The number of hydrogen-bond acceptors (Lipinski definition) is 3. The summed E-state index contributed by atoms with van der Waals surface area (Å²) in [5.41, 5.74) is 0. The van der Waals surface area contributed by atoms with E-state index in [0.717, 1.165) is 6.92 Å². The lowest BCUT2D eigenvalue weighted by Gasteiger charge is -2.22. The molecule has 0 fully saturated rings. The maximum absolute atomic E-state index is 12.2. The number of ether oxygens (including phenoxy) is 1. The molecular formula is C12H14F3NO3. The summed E-state index contributed by atoms with van der Waals surface area (Å²) in [6.45, 7) is 0.650. The second-order valence-corrected chi connectivity index (χ2v) is 3.94. The number of benzene rings is 1. The smallest absolute Gasteiger partial charge is 0.416 e. The van der Waals surface area contributed by atoms with Gasteiger partial charge in [-0.15, -0.1) is 0 Å². The number of halogens is 3. The minimum atomic E-state index is -4.77. The molecule has 0 saturated heterocycles. The van der Waals surface area contributed by atoms with Crippen LogP contribution in [-0.2, 0) is 4.79 Å². The number of alkyl halides is 3. The zero-order valence-electron chi connectivity index (χ0n) is 10.1. The molecule has 1 aromatic rings. The van der Waals surface area contributed by atoms with Crippen LogP contribution in [0.2, 0.25) is 0 Å². The van der Waals surface area contributed by atoms with Crippen molar-refractivity contribution in [3.05, 3.63) is 30.3 Å². The van der Waals surface area contributed by atoms with Gasteiger partial charge in [0.15, 0.2) is 12.7 Å². The molecular weight excluding hydrogens is 263 g/mol. The molecule has 0 bridgehead atoms. The third kappa shape index (κ3) is 5.17. The SMILES string of the molecule is C[C@H](NC(=O)COc1ccccc1)C(O)C(F)(F)F. The average molecular weight is 277 g/mol. The van der Waals surface area contributed by atoms with Gasteiger partial charge in [-0.05, 0) is 19.1 Å². The summed E-state index contributed by atoms with van der Waals surface area (Å²) in [5, 5.41) is 10.9. The molecule has 0 saturated carbocycles. The van der Waals surface area contributed by atoms with Crippen LogP contribution in [0, 0.1) is 0 Å². The Hall–Kier alpha value is -1.76. The minimum Gasteiger partial charge on any atom is -0.484 e. The number of rotatable bonds is 5. The van der Waals surface area contributed by atoms with Gasteiger partial charge in [-0.2, -0.15) is 13.2 Å². The molecule has 1 amide bonds. The zero-order chi connectivity index (χ0) is 14.5. The van der Waals surface area contributed by atoms with Crippen LogP contribution in [0.25, 0.3) is 0 Å². The molecule has 2 atom stereocenters. The summed E-state index contributed by atoms with van der Waals surface area (Å²) in [7, 11) is 0. The standard InChI is InChI=1S/C12H14F3NO3/c1-8(11(18)12(13,14)15)16-10(17)7-19-9-5-3-2-4-6-9/h2-6,8,11,18H,7H2,1H3,(H,16,17)/t8-,11?/m0/s1. The van der Waals surface area contributed by atoms with E-state index in [1.807, 2.05) is 5.32 Å². The lowest BCUT2D eigenvalue weighted by Crippen LogP contribution is -2.49. The number of nitrogens with one attached hydrogen (secondary N) is 1. The lowest BCUT2D eigenvalue weighted by molar-refractivity contribution is -0.210. The molecule has 106 valence electrons. The van der Waals surface area contributed by atoms with Gasteiger partial charge in [-0.1, -0.05) is 18.2 Å². The Morgan fingerprint density at radius 3 is 2.47 bits per heavy atom. The van der Waals surface area contributed by atoms with E-state index in [-0.39, 0.29) is 0 Å². The van der Waals surface area contributed by atoms with Crippen LogP contribution in [0.1, 0.15) is 6.92 Å². The fourth-order valence-corrected chi connectivity index (χ4v) is 1.32. The molecule has 1 aromatic carbocycles. The largest absolute Gasteiger partial charge is 0.484 e. The van der Waals surface area contributed by atoms with Crippen molar-refractivity contribution in [2.45, 2.75) is 25.2 Å². The number of carbonyl (C=O) groups is 1. The van der Waals surface area contributed by atoms with Crippen molar-refractivity contribution >= 4 is 5.91 Å². The summed E-state index contributed by atoms with van der Waals surface area (Å²) in [4.78, 5) is 11.3. The third-order valence-electron chi connectivity index (χ3n) is 2.31. The second kappa shape index (κ2) is 6.42. The van der Waals surface area contributed by atoms with Gasteiger partial charge in [0.25, 0.3) is 5.91 Å². The first-order chi connectivity index (χ1) is 8.80. The summed E-state index contributed by atoms with van der Waals surface area (Å²) in [6, 6.07) is 6.94. The Morgan fingerprint density at radius 1 is 1.37 bits per heavy atom. The topological polar surface area (TPSA) is 58.6 Å². The average Bonchev–Trinajstić information content (AvgIpc) is 2.35. The minimum absolute atomic E-state index is 0.418. The Bertz CT molecular complexity index is 408. The third-order valence-corrected chi connectivity index (χ3v) is 2.31. The van der Waals surface area contributed by atoms with Crippen molar-refractivity contribution in [2.75, 3.05) is 6.61 Å². The van der Waals surface area contributed by atoms with Crippen LogP contribution in [0.5, 0.6) is 5.75 Å². The number of amides is 1. The molecule has 1 rings (SSSR count). The molecule has 0 aliphatic heterocycles. The molecule has 0 aliphatic rings. The zero-order valence-corrected chi connectivity index (χ0v) is 10.1. The van der Waals surface area contributed by atoms with Crippen molar-refractivity contribution in [1.29, 1.82) is 0 Å². The highest BCUT2D eigenvalue weighted by Gasteiger charge is 2.42. The molecule has 1 unspecified atom stereocenters. The molecule has 2 N–H and O–H groups in total. The molecule has 4 nitrogen and oxygen atoms in total. The van der Waals surface area contributed by atoms with E-state index in [1.165, 1.54) is 0 Å². The first kappa shape index (κ1) is 15.3. The van der Waals surface area contributed by atoms with E-state index in [0.29, 0.717) is 5.75 Å². The maximum atomic E-state index is 12.2. The highest BCUT2D eigenvalue weighted by Crippen LogP contribution is 2.22. The first-order valence-electron chi connectivity index (χ1n) is 5.52.